The zero-order valence-electron chi connectivity index (χ0n) is 9.52. The summed E-state index contributed by atoms with van der Waals surface area (Å²) in [7, 11) is -2.86. The first-order valence-corrected chi connectivity index (χ1v) is 7.41. The molecule has 0 saturated heterocycles. The summed E-state index contributed by atoms with van der Waals surface area (Å²) in [5.74, 6) is 0.209. The molecule has 0 saturated carbocycles. The molecule has 0 aromatic carbocycles. The second kappa shape index (κ2) is 7.87. The highest BCUT2D eigenvalue weighted by Crippen LogP contribution is 2.10. The van der Waals surface area contributed by atoms with Gasteiger partial charge in [-0.15, -0.1) is 12.4 Å². The first-order chi connectivity index (χ1) is 7.49. The lowest BCUT2D eigenvalue weighted by Gasteiger charge is -2.05. The zero-order valence-corrected chi connectivity index (χ0v) is 11.9. The molecule has 17 heavy (non-hydrogen) atoms. The molecule has 1 heterocycles. The molecule has 0 unspecified atom stereocenters. The highest BCUT2D eigenvalue weighted by atomic mass is 35.5. The Morgan fingerprint density at radius 2 is 2.18 bits per heavy atom. The van der Waals surface area contributed by atoms with E-state index in [1.165, 1.54) is 6.26 Å². The molecule has 1 aromatic heterocycles. The van der Waals surface area contributed by atoms with Gasteiger partial charge in [-0.3, -0.25) is 0 Å². The van der Waals surface area contributed by atoms with Crippen LogP contribution in [0.2, 0.25) is 5.15 Å². The summed E-state index contributed by atoms with van der Waals surface area (Å²) in [4.78, 5) is 3.95. The smallest absolute Gasteiger partial charge is 0.147 e. The molecule has 7 heteroatoms. The van der Waals surface area contributed by atoms with Gasteiger partial charge in [-0.2, -0.15) is 0 Å². The molecule has 0 atom stereocenters. The van der Waals surface area contributed by atoms with Crippen molar-refractivity contribution in [2.75, 3.05) is 18.6 Å². The summed E-state index contributed by atoms with van der Waals surface area (Å²) >= 11 is 5.86. The average Bonchev–Trinajstić information content (AvgIpc) is 2.18. The first-order valence-electron chi connectivity index (χ1n) is 4.97. The lowest BCUT2D eigenvalue weighted by Crippen LogP contribution is -2.18. The summed E-state index contributed by atoms with van der Waals surface area (Å²) in [6.07, 6.45) is 3.48. The summed E-state index contributed by atoms with van der Waals surface area (Å²) in [6.45, 7) is 1.26. The minimum absolute atomic E-state index is 0. The second-order valence-electron chi connectivity index (χ2n) is 3.61. The minimum Gasteiger partial charge on any atom is -0.313 e. The topological polar surface area (TPSA) is 59.1 Å². The Kier molecular flexibility index (Phi) is 7.70. The van der Waals surface area contributed by atoms with Gasteiger partial charge in [-0.1, -0.05) is 17.7 Å². The van der Waals surface area contributed by atoms with Crippen molar-refractivity contribution in [2.45, 2.75) is 13.0 Å². The van der Waals surface area contributed by atoms with E-state index in [-0.39, 0.29) is 18.2 Å². The van der Waals surface area contributed by atoms with Crippen molar-refractivity contribution < 1.29 is 8.42 Å². The molecule has 0 radical (unpaired) electrons. The maximum atomic E-state index is 10.9. The molecule has 1 N–H and O–H groups in total. The molecule has 1 rings (SSSR count). The molecule has 4 nitrogen and oxygen atoms in total. The standard InChI is InChI=1S/C10H15ClN2O2S.ClH/c1-16(14,15)7-3-5-12-8-9-4-2-6-13-10(9)11;/h2,4,6,12H,3,5,7-8H2,1H3;1H. The van der Waals surface area contributed by atoms with Gasteiger partial charge in [-0.25, -0.2) is 13.4 Å². The van der Waals surface area contributed by atoms with E-state index in [4.69, 9.17) is 11.6 Å². The van der Waals surface area contributed by atoms with Gasteiger partial charge >= 0.3 is 0 Å². The molecular weight excluding hydrogens is 283 g/mol. The largest absolute Gasteiger partial charge is 0.313 e. The van der Waals surface area contributed by atoms with Gasteiger partial charge in [0.15, 0.2) is 0 Å². The van der Waals surface area contributed by atoms with Gasteiger partial charge < -0.3 is 5.32 Å². The fourth-order valence-electron chi connectivity index (χ4n) is 1.23. The number of halogens is 2. The van der Waals surface area contributed by atoms with E-state index in [1.807, 2.05) is 12.1 Å². The Morgan fingerprint density at radius 1 is 1.47 bits per heavy atom. The Balaban J connectivity index is 0.00000256. The van der Waals surface area contributed by atoms with Gasteiger partial charge in [0.2, 0.25) is 0 Å². The molecule has 0 aliphatic rings. The molecular formula is C10H16Cl2N2O2S. The van der Waals surface area contributed by atoms with Crippen LogP contribution in [-0.2, 0) is 16.4 Å². The fourth-order valence-corrected chi connectivity index (χ4v) is 2.09. The Hall–Kier alpha value is -0.360. The molecule has 0 spiro atoms. The third-order valence-electron chi connectivity index (χ3n) is 2.02. The molecule has 1 aromatic rings. The van der Waals surface area contributed by atoms with E-state index < -0.39 is 9.84 Å². The Labute approximate surface area is 113 Å². The number of nitrogens with zero attached hydrogens (tertiary/aromatic N) is 1. The summed E-state index contributed by atoms with van der Waals surface area (Å²) < 4.78 is 21.7. The zero-order chi connectivity index (χ0) is 12.0. The minimum atomic E-state index is -2.86. The number of hydrogen-bond acceptors (Lipinski definition) is 4. The van der Waals surface area contributed by atoms with Crippen LogP contribution >= 0.6 is 24.0 Å². The number of rotatable bonds is 6. The van der Waals surface area contributed by atoms with Crippen molar-refractivity contribution in [3.63, 3.8) is 0 Å². The van der Waals surface area contributed by atoms with Crippen molar-refractivity contribution in [2.24, 2.45) is 0 Å². The maximum Gasteiger partial charge on any atom is 0.147 e. The maximum absolute atomic E-state index is 10.9. The normalized spacial score (nSPS) is 10.9. The van der Waals surface area contributed by atoms with Crippen LogP contribution in [0.1, 0.15) is 12.0 Å². The highest BCUT2D eigenvalue weighted by molar-refractivity contribution is 7.90. The van der Waals surface area contributed by atoms with Gasteiger partial charge in [0.25, 0.3) is 0 Å². The molecule has 0 aliphatic carbocycles. The van der Waals surface area contributed by atoms with E-state index in [2.05, 4.69) is 10.3 Å². The third-order valence-corrected chi connectivity index (χ3v) is 3.39. The van der Waals surface area contributed by atoms with Gasteiger partial charge in [0, 0.05) is 24.6 Å². The van der Waals surface area contributed by atoms with Crippen molar-refractivity contribution in [3.8, 4) is 0 Å². The molecule has 0 aliphatic heterocycles. The van der Waals surface area contributed by atoms with Crippen molar-refractivity contribution >= 4 is 33.8 Å². The highest BCUT2D eigenvalue weighted by Gasteiger charge is 2.02. The van der Waals surface area contributed by atoms with Crippen LogP contribution < -0.4 is 5.32 Å². The lowest BCUT2D eigenvalue weighted by atomic mass is 10.3. The first kappa shape index (κ1) is 16.6. The van der Waals surface area contributed by atoms with Crippen LogP contribution in [0.3, 0.4) is 0 Å². The van der Waals surface area contributed by atoms with E-state index in [0.717, 1.165) is 5.56 Å². The van der Waals surface area contributed by atoms with Crippen molar-refractivity contribution in [1.29, 1.82) is 0 Å². The van der Waals surface area contributed by atoms with Crippen LogP contribution in [0.4, 0.5) is 0 Å². The monoisotopic (exact) mass is 298 g/mol. The van der Waals surface area contributed by atoms with Crippen LogP contribution in [0.5, 0.6) is 0 Å². The molecule has 98 valence electrons. The van der Waals surface area contributed by atoms with E-state index in [1.54, 1.807) is 6.20 Å². The fraction of sp³-hybridized carbons (Fsp3) is 0.500. The van der Waals surface area contributed by atoms with Gasteiger partial charge in [-0.05, 0) is 19.0 Å². The lowest BCUT2D eigenvalue weighted by molar-refractivity contribution is 0.594. The number of sulfone groups is 1. The second-order valence-corrected chi connectivity index (χ2v) is 6.23. The number of hydrogen-bond donors (Lipinski definition) is 1. The molecule has 0 fully saturated rings. The average molecular weight is 299 g/mol. The van der Waals surface area contributed by atoms with Crippen LogP contribution in [0.15, 0.2) is 18.3 Å². The summed E-state index contributed by atoms with van der Waals surface area (Å²) in [5, 5.41) is 3.61. The van der Waals surface area contributed by atoms with Gasteiger partial charge in [0.1, 0.15) is 15.0 Å². The SMILES string of the molecule is CS(=O)(=O)CCCNCc1cccnc1Cl.Cl. The third kappa shape index (κ3) is 7.54. The van der Waals surface area contributed by atoms with E-state index >= 15 is 0 Å². The van der Waals surface area contributed by atoms with E-state index in [9.17, 15) is 8.42 Å². The van der Waals surface area contributed by atoms with Crippen LogP contribution in [-0.4, -0.2) is 32.0 Å². The van der Waals surface area contributed by atoms with Crippen molar-refractivity contribution in [1.82, 2.24) is 10.3 Å². The Bertz CT molecular complexity index is 438. The number of aromatic nitrogens is 1. The van der Waals surface area contributed by atoms with Crippen LogP contribution in [0.25, 0.3) is 0 Å². The molecule has 0 amide bonds. The summed E-state index contributed by atoms with van der Waals surface area (Å²) in [6, 6.07) is 3.71. The quantitative estimate of drug-likeness (QED) is 0.641. The number of nitrogens with one attached hydrogen (secondary N) is 1. The Morgan fingerprint density at radius 3 is 2.76 bits per heavy atom. The van der Waals surface area contributed by atoms with E-state index in [0.29, 0.717) is 24.7 Å². The van der Waals surface area contributed by atoms with Crippen molar-refractivity contribution in [3.05, 3.63) is 29.0 Å². The predicted octanol–water partition coefficient (Wildman–Crippen LogP) is 1.68. The number of pyridine rings is 1. The van der Waals surface area contributed by atoms with Gasteiger partial charge in [0.05, 0.1) is 5.75 Å². The molecule has 0 bridgehead atoms. The summed E-state index contributed by atoms with van der Waals surface area (Å²) in [5.41, 5.74) is 0.920. The van der Waals surface area contributed by atoms with Crippen LogP contribution in [0, 0.1) is 0 Å². The predicted molar refractivity (Wildman–Crippen MR) is 72.5 cm³/mol.